The highest BCUT2D eigenvalue weighted by atomic mass is 19.2. The molecule has 1 heterocycles. The zero-order valence-corrected chi connectivity index (χ0v) is 18.7. The van der Waals surface area contributed by atoms with Crippen LogP contribution in [0.25, 0.3) is 5.76 Å². The molecule has 1 atom stereocenters. The van der Waals surface area contributed by atoms with Crippen LogP contribution in [0.1, 0.15) is 36.1 Å². The molecule has 1 aliphatic heterocycles. The van der Waals surface area contributed by atoms with Crippen LogP contribution in [0.5, 0.6) is 5.75 Å². The zero-order valence-electron chi connectivity index (χ0n) is 18.7. The van der Waals surface area contributed by atoms with Gasteiger partial charge in [-0.15, -0.1) is 0 Å². The summed E-state index contributed by atoms with van der Waals surface area (Å²) in [5.41, 5.74) is 1.50. The summed E-state index contributed by atoms with van der Waals surface area (Å²) in [6.45, 7) is 4.25. The number of rotatable bonds is 6. The highest BCUT2D eigenvalue weighted by Gasteiger charge is 2.47. The van der Waals surface area contributed by atoms with Gasteiger partial charge in [-0.3, -0.25) is 14.5 Å². The van der Waals surface area contributed by atoms with Crippen molar-refractivity contribution < 1.29 is 28.2 Å². The van der Waals surface area contributed by atoms with Gasteiger partial charge in [-0.1, -0.05) is 43.3 Å². The number of aliphatic hydroxyl groups is 1. The molecule has 7 heteroatoms. The zero-order chi connectivity index (χ0) is 24.4. The van der Waals surface area contributed by atoms with Crippen molar-refractivity contribution in [3.63, 3.8) is 0 Å². The van der Waals surface area contributed by atoms with E-state index in [1.165, 1.54) is 6.07 Å². The van der Waals surface area contributed by atoms with Gasteiger partial charge in [0.05, 0.1) is 18.2 Å². The molecule has 1 unspecified atom stereocenters. The number of Topliss-reactive ketones (excluding diaryl/α,β-unsaturated/α-hetero) is 1. The van der Waals surface area contributed by atoms with E-state index in [-0.39, 0.29) is 17.0 Å². The monoisotopic (exact) mass is 463 g/mol. The van der Waals surface area contributed by atoms with E-state index in [0.717, 1.165) is 29.0 Å². The normalized spacial score (nSPS) is 17.3. The molecule has 0 saturated carbocycles. The molecule has 1 saturated heterocycles. The molecule has 0 bridgehead atoms. The van der Waals surface area contributed by atoms with E-state index in [0.29, 0.717) is 23.5 Å². The molecule has 1 amide bonds. The first kappa shape index (κ1) is 23.2. The molecule has 0 aromatic heterocycles. The number of amides is 1. The second-order valence-electron chi connectivity index (χ2n) is 8.00. The van der Waals surface area contributed by atoms with Gasteiger partial charge in [-0.05, 0) is 48.7 Å². The van der Waals surface area contributed by atoms with E-state index in [4.69, 9.17) is 4.74 Å². The number of nitrogens with zero attached hydrogens (tertiary/aromatic N) is 1. The lowest BCUT2D eigenvalue weighted by molar-refractivity contribution is -0.132. The van der Waals surface area contributed by atoms with Crippen LogP contribution >= 0.6 is 0 Å². The lowest BCUT2D eigenvalue weighted by atomic mass is 9.92. The Kier molecular flexibility index (Phi) is 6.45. The summed E-state index contributed by atoms with van der Waals surface area (Å²) in [4.78, 5) is 27.4. The number of ketones is 1. The molecule has 1 N–H and O–H groups in total. The Morgan fingerprint density at radius 3 is 2.47 bits per heavy atom. The standard InChI is InChI=1S/C27H23F2NO4/c1-3-13-34-19-9-6-8-17(14-19)25(31)23-24(20-10-5-4-7-16(20)2)30(27(33)26(23)32)18-11-12-21(28)22(29)15-18/h4-12,14-15,24,31H,3,13H2,1-2H3/b25-23+. The molecule has 3 aromatic rings. The van der Waals surface area contributed by atoms with Gasteiger partial charge in [-0.2, -0.15) is 0 Å². The van der Waals surface area contributed by atoms with Crippen LogP contribution in [0.4, 0.5) is 14.5 Å². The number of aliphatic hydroxyl groups excluding tert-OH is 1. The van der Waals surface area contributed by atoms with Crippen LogP contribution in [0.15, 0.2) is 72.3 Å². The van der Waals surface area contributed by atoms with Gasteiger partial charge < -0.3 is 9.84 Å². The Labute approximate surface area is 195 Å². The van der Waals surface area contributed by atoms with Gasteiger partial charge in [0, 0.05) is 17.3 Å². The van der Waals surface area contributed by atoms with E-state index in [9.17, 15) is 23.5 Å². The first-order valence-corrected chi connectivity index (χ1v) is 10.9. The van der Waals surface area contributed by atoms with Crippen molar-refractivity contribution in [2.75, 3.05) is 11.5 Å². The molecule has 4 rings (SSSR count). The third-order valence-corrected chi connectivity index (χ3v) is 5.69. The van der Waals surface area contributed by atoms with E-state index in [2.05, 4.69) is 0 Å². The van der Waals surface area contributed by atoms with E-state index >= 15 is 0 Å². The summed E-state index contributed by atoms with van der Waals surface area (Å²) in [6.07, 6.45) is 0.794. The molecule has 5 nitrogen and oxygen atoms in total. The SMILES string of the molecule is CCCOc1cccc(/C(O)=C2\C(=O)C(=O)N(c3ccc(F)c(F)c3)C2c2ccccc2C)c1. The Morgan fingerprint density at radius 2 is 1.76 bits per heavy atom. The summed E-state index contributed by atoms with van der Waals surface area (Å²) >= 11 is 0. The maximum atomic E-state index is 14.1. The highest BCUT2D eigenvalue weighted by molar-refractivity contribution is 6.51. The smallest absolute Gasteiger partial charge is 0.300 e. The number of hydrogen-bond donors (Lipinski definition) is 1. The summed E-state index contributed by atoms with van der Waals surface area (Å²) < 4.78 is 33.3. The minimum Gasteiger partial charge on any atom is -0.507 e. The second kappa shape index (κ2) is 9.47. The van der Waals surface area contributed by atoms with Gasteiger partial charge in [0.25, 0.3) is 11.7 Å². The fraction of sp³-hybridized carbons (Fsp3) is 0.185. The predicted octanol–water partition coefficient (Wildman–Crippen LogP) is 5.69. The summed E-state index contributed by atoms with van der Waals surface area (Å²) in [6, 6.07) is 15.6. The molecule has 174 valence electrons. The summed E-state index contributed by atoms with van der Waals surface area (Å²) in [5, 5.41) is 11.2. The Balaban J connectivity index is 1.92. The van der Waals surface area contributed by atoms with Gasteiger partial charge in [0.2, 0.25) is 0 Å². The van der Waals surface area contributed by atoms with Crippen LogP contribution in [-0.2, 0) is 9.59 Å². The Hall–Kier alpha value is -4.00. The molecule has 0 radical (unpaired) electrons. The van der Waals surface area contributed by atoms with E-state index < -0.39 is 29.4 Å². The van der Waals surface area contributed by atoms with Crippen LogP contribution in [0.2, 0.25) is 0 Å². The molecule has 3 aromatic carbocycles. The van der Waals surface area contributed by atoms with Crippen molar-refractivity contribution in [1.82, 2.24) is 0 Å². The number of ether oxygens (including phenoxy) is 1. The first-order valence-electron chi connectivity index (χ1n) is 10.9. The number of halogens is 2. The van der Waals surface area contributed by atoms with Crippen molar-refractivity contribution >= 4 is 23.1 Å². The largest absolute Gasteiger partial charge is 0.507 e. The van der Waals surface area contributed by atoms with Crippen molar-refractivity contribution in [3.8, 4) is 5.75 Å². The first-order chi connectivity index (χ1) is 16.3. The van der Waals surface area contributed by atoms with Gasteiger partial charge in [0.1, 0.15) is 11.5 Å². The maximum absolute atomic E-state index is 14.1. The lowest BCUT2D eigenvalue weighted by Gasteiger charge is -2.26. The minimum absolute atomic E-state index is 0.00772. The van der Waals surface area contributed by atoms with Gasteiger partial charge in [0.15, 0.2) is 11.6 Å². The molecule has 0 aliphatic carbocycles. The highest BCUT2D eigenvalue weighted by Crippen LogP contribution is 2.43. The topological polar surface area (TPSA) is 66.8 Å². The van der Waals surface area contributed by atoms with Crippen molar-refractivity contribution in [2.24, 2.45) is 0 Å². The fourth-order valence-electron chi connectivity index (χ4n) is 4.03. The average molecular weight is 463 g/mol. The maximum Gasteiger partial charge on any atom is 0.300 e. The molecule has 1 fully saturated rings. The third-order valence-electron chi connectivity index (χ3n) is 5.69. The van der Waals surface area contributed by atoms with E-state index in [1.807, 2.05) is 6.92 Å². The van der Waals surface area contributed by atoms with Crippen molar-refractivity contribution in [1.29, 1.82) is 0 Å². The number of benzene rings is 3. The summed E-state index contributed by atoms with van der Waals surface area (Å²) in [7, 11) is 0. The number of anilines is 1. The fourth-order valence-corrected chi connectivity index (χ4v) is 4.03. The molecule has 0 spiro atoms. The van der Waals surface area contributed by atoms with Gasteiger partial charge in [-0.25, -0.2) is 8.78 Å². The second-order valence-corrected chi connectivity index (χ2v) is 8.00. The number of carbonyl (C=O) groups is 2. The molecule has 1 aliphatic rings. The van der Waals surface area contributed by atoms with Crippen LogP contribution in [0.3, 0.4) is 0 Å². The van der Waals surface area contributed by atoms with Gasteiger partial charge >= 0.3 is 0 Å². The number of aryl methyl sites for hydroxylation is 1. The lowest BCUT2D eigenvalue weighted by Crippen LogP contribution is -2.30. The quantitative estimate of drug-likeness (QED) is 0.290. The molecular formula is C27H23F2NO4. The Morgan fingerprint density at radius 1 is 1.00 bits per heavy atom. The van der Waals surface area contributed by atoms with Crippen LogP contribution in [0, 0.1) is 18.6 Å². The number of hydrogen-bond acceptors (Lipinski definition) is 4. The third kappa shape index (κ3) is 4.17. The summed E-state index contributed by atoms with van der Waals surface area (Å²) in [5.74, 6) is -3.96. The average Bonchev–Trinajstić information content (AvgIpc) is 3.09. The molecule has 34 heavy (non-hydrogen) atoms. The van der Waals surface area contributed by atoms with Crippen molar-refractivity contribution in [2.45, 2.75) is 26.3 Å². The predicted molar refractivity (Wildman–Crippen MR) is 125 cm³/mol. The van der Waals surface area contributed by atoms with Crippen LogP contribution in [-0.4, -0.2) is 23.4 Å². The van der Waals surface area contributed by atoms with E-state index in [1.54, 1.807) is 55.5 Å². The van der Waals surface area contributed by atoms with Crippen LogP contribution < -0.4 is 9.64 Å². The molecular weight excluding hydrogens is 440 g/mol. The minimum atomic E-state index is -1.15. The van der Waals surface area contributed by atoms with Crippen molar-refractivity contribution in [3.05, 3.63) is 101 Å². The number of carbonyl (C=O) groups excluding carboxylic acids is 2. The Bertz CT molecular complexity index is 1300.